The van der Waals surface area contributed by atoms with Gasteiger partial charge in [-0.25, -0.2) is 9.59 Å². The minimum Gasteiger partial charge on any atom is -0.482 e. The predicted molar refractivity (Wildman–Crippen MR) is 141 cm³/mol. The summed E-state index contributed by atoms with van der Waals surface area (Å²) in [6.45, 7) is 10.5. The fraction of sp³-hybridized carbons (Fsp3) is 0.643. The van der Waals surface area contributed by atoms with Crippen LogP contribution in [-0.2, 0) is 19.1 Å². The van der Waals surface area contributed by atoms with Gasteiger partial charge < -0.3 is 24.0 Å². The molecular formula is C28H41N3O7. The van der Waals surface area contributed by atoms with E-state index in [1.165, 1.54) is 0 Å². The van der Waals surface area contributed by atoms with Crippen LogP contribution in [0.25, 0.3) is 0 Å². The number of carbonyl (C=O) groups excluding carboxylic acids is 4. The standard InChI is InChI=1S/C28H41N3O7/c1-5-6-17-36-26(34)20-37-23-9-7-21(8-10-23)24(32)18-31-16-15-30(19-25(31)33)22-11-13-29(14-12-22)27(35)38-28(2,3)4/h7-10,22H,5-6,11-20H2,1-4H3. The van der Waals surface area contributed by atoms with E-state index in [1.807, 2.05) is 27.7 Å². The minimum atomic E-state index is -0.520. The number of ether oxygens (including phenoxy) is 3. The molecule has 0 radical (unpaired) electrons. The molecule has 2 fully saturated rings. The lowest BCUT2D eigenvalue weighted by Gasteiger charge is -2.42. The number of carbonyl (C=O) groups is 4. The number of rotatable bonds is 10. The second kappa shape index (κ2) is 13.6. The molecule has 2 aliphatic rings. The number of nitrogens with zero attached hydrogens (tertiary/aromatic N) is 3. The number of likely N-dealkylation sites (tertiary alicyclic amines) is 1. The number of piperazine rings is 1. The Morgan fingerprint density at radius 2 is 1.68 bits per heavy atom. The smallest absolute Gasteiger partial charge is 0.410 e. The van der Waals surface area contributed by atoms with Crippen LogP contribution in [0.5, 0.6) is 5.75 Å². The molecule has 0 aliphatic carbocycles. The quantitative estimate of drug-likeness (QED) is 0.258. The van der Waals surface area contributed by atoms with Crippen LogP contribution in [0.2, 0.25) is 0 Å². The van der Waals surface area contributed by atoms with Gasteiger partial charge in [0, 0.05) is 37.8 Å². The minimum absolute atomic E-state index is 0.0215. The van der Waals surface area contributed by atoms with Gasteiger partial charge in [-0.2, -0.15) is 0 Å². The Balaban J connectivity index is 1.40. The van der Waals surface area contributed by atoms with E-state index in [1.54, 1.807) is 34.1 Å². The van der Waals surface area contributed by atoms with Crippen molar-refractivity contribution >= 4 is 23.8 Å². The van der Waals surface area contributed by atoms with Gasteiger partial charge in [0.15, 0.2) is 12.4 Å². The van der Waals surface area contributed by atoms with Crippen LogP contribution in [0.3, 0.4) is 0 Å². The summed E-state index contributed by atoms with van der Waals surface area (Å²) in [5.74, 6) is -0.176. The number of piperidine rings is 1. The molecule has 0 unspecified atom stereocenters. The van der Waals surface area contributed by atoms with Gasteiger partial charge in [-0.05, 0) is 64.3 Å². The molecule has 2 aliphatic heterocycles. The van der Waals surface area contributed by atoms with E-state index in [2.05, 4.69) is 4.90 Å². The third-order valence-corrected chi connectivity index (χ3v) is 6.61. The van der Waals surface area contributed by atoms with Crippen LogP contribution in [0.4, 0.5) is 4.79 Å². The molecule has 1 aromatic rings. The van der Waals surface area contributed by atoms with Crippen LogP contribution in [0.15, 0.2) is 24.3 Å². The summed E-state index contributed by atoms with van der Waals surface area (Å²) < 4.78 is 15.9. The van der Waals surface area contributed by atoms with E-state index in [-0.39, 0.29) is 43.5 Å². The zero-order valence-corrected chi connectivity index (χ0v) is 23.1. The SMILES string of the molecule is CCCCOC(=O)COc1ccc(C(=O)CN2CCN(C3CCN(C(=O)OC(C)(C)C)CC3)CC2=O)cc1. The van der Waals surface area contributed by atoms with Crippen molar-refractivity contribution in [3.05, 3.63) is 29.8 Å². The first kappa shape index (κ1) is 29.4. The number of Topliss-reactive ketones (excluding diaryl/α,β-unsaturated/α-hetero) is 1. The highest BCUT2D eigenvalue weighted by Gasteiger charge is 2.33. The third kappa shape index (κ3) is 9.01. The summed E-state index contributed by atoms with van der Waals surface area (Å²) in [5.41, 5.74) is -0.0412. The molecule has 38 heavy (non-hydrogen) atoms. The van der Waals surface area contributed by atoms with Gasteiger partial charge >= 0.3 is 12.1 Å². The second-order valence-electron chi connectivity index (χ2n) is 10.8. The number of esters is 1. The molecule has 10 heteroatoms. The second-order valence-corrected chi connectivity index (χ2v) is 10.8. The van der Waals surface area contributed by atoms with Crippen molar-refractivity contribution in [2.45, 2.75) is 65.0 Å². The Hall–Kier alpha value is -3.14. The van der Waals surface area contributed by atoms with Crippen molar-refractivity contribution in [2.24, 2.45) is 0 Å². The number of ketones is 1. The fourth-order valence-electron chi connectivity index (χ4n) is 4.46. The van der Waals surface area contributed by atoms with Gasteiger partial charge in [0.25, 0.3) is 0 Å². The summed E-state index contributed by atoms with van der Waals surface area (Å²) in [7, 11) is 0. The zero-order chi connectivity index (χ0) is 27.7. The first-order chi connectivity index (χ1) is 18.1. The Kier molecular flexibility index (Phi) is 10.5. The Bertz CT molecular complexity index is 966. The number of unbranched alkanes of at least 4 members (excludes halogenated alkanes) is 1. The van der Waals surface area contributed by atoms with Crippen molar-refractivity contribution in [1.82, 2.24) is 14.7 Å². The lowest BCUT2D eigenvalue weighted by molar-refractivity contribution is -0.146. The van der Waals surface area contributed by atoms with Crippen molar-refractivity contribution in [3.8, 4) is 5.75 Å². The van der Waals surface area contributed by atoms with Gasteiger partial charge in [0.05, 0.1) is 19.7 Å². The van der Waals surface area contributed by atoms with E-state index in [4.69, 9.17) is 14.2 Å². The first-order valence-corrected chi connectivity index (χ1v) is 13.5. The molecule has 0 atom stereocenters. The molecule has 0 bridgehead atoms. The summed E-state index contributed by atoms with van der Waals surface area (Å²) in [5, 5.41) is 0. The van der Waals surface area contributed by atoms with Gasteiger partial charge in [-0.3, -0.25) is 14.5 Å². The van der Waals surface area contributed by atoms with Crippen LogP contribution >= 0.6 is 0 Å². The number of hydrogen-bond donors (Lipinski definition) is 0. The summed E-state index contributed by atoms with van der Waals surface area (Å²) in [4.78, 5) is 55.1. The normalized spacial score (nSPS) is 17.3. The monoisotopic (exact) mass is 531 g/mol. The highest BCUT2D eigenvalue weighted by atomic mass is 16.6. The maximum absolute atomic E-state index is 12.8. The van der Waals surface area contributed by atoms with E-state index in [0.29, 0.717) is 44.1 Å². The molecular weight excluding hydrogens is 490 g/mol. The summed E-state index contributed by atoms with van der Waals surface area (Å²) in [6.07, 6.45) is 3.05. The lowest BCUT2D eigenvalue weighted by atomic mass is 10.0. The van der Waals surface area contributed by atoms with Gasteiger partial charge in [-0.1, -0.05) is 13.3 Å². The summed E-state index contributed by atoms with van der Waals surface area (Å²) >= 11 is 0. The highest BCUT2D eigenvalue weighted by molar-refractivity contribution is 5.99. The van der Waals surface area contributed by atoms with Crippen molar-refractivity contribution in [3.63, 3.8) is 0 Å². The van der Waals surface area contributed by atoms with Crippen LogP contribution in [0, 0.1) is 0 Å². The number of amides is 2. The highest BCUT2D eigenvalue weighted by Crippen LogP contribution is 2.21. The molecule has 2 heterocycles. The van der Waals surface area contributed by atoms with Crippen molar-refractivity contribution < 1.29 is 33.4 Å². The third-order valence-electron chi connectivity index (χ3n) is 6.61. The van der Waals surface area contributed by atoms with E-state index < -0.39 is 11.6 Å². The number of hydrogen-bond acceptors (Lipinski definition) is 8. The molecule has 1 aromatic carbocycles. The predicted octanol–water partition coefficient (Wildman–Crippen LogP) is 3.14. The van der Waals surface area contributed by atoms with Crippen LogP contribution in [0.1, 0.15) is 63.7 Å². The molecule has 0 aromatic heterocycles. The Labute approximate surface area is 225 Å². The Morgan fingerprint density at radius 1 is 1.00 bits per heavy atom. The maximum atomic E-state index is 12.8. The van der Waals surface area contributed by atoms with Crippen LogP contribution < -0.4 is 4.74 Å². The molecule has 2 amide bonds. The lowest BCUT2D eigenvalue weighted by Crippen LogP contribution is -2.56. The zero-order valence-electron chi connectivity index (χ0n) is 23.1. The van der Waals surface area contributed by atoms with Gasteiger partial charge in [-0.15, -0.1) is 0 Å². The first-order valence-electron chi connectivity index (χ1n) is 13.5. The summed E-state index contributed by atoms with van der Waals surface area (Å²) in [6, 6.07) is 6.77. The largest absolute Gasteiger partial charge is 0.482 e. The Morgan fingerprint density at radius 3 is 2.29 bits per heavy atom. The molecule has 0 spiro atoms. The molecule has 0 N–H and O–H groups in total. The maximum Gasteiger partial charge on any atom is 0.410 e. The molecule has 10 nitrogen and oxygen atoms in total. The van der Waals surface area contributed by atoms with E-state index >= 15 is 0 Å². The van der Waals surface area contributed by atoms with E-state index in [9.17, 15) is 19.2 Å². The molecule has 3 rings (SSSR count). The van der Waals surface area contributed by atoms with Crippen molar-refractivity contribution in [1.29, 1.82) is 0 Å². The molecule has 2 saturated heterocycles. The molecule has 0 saturated carbocycles. The van der Waals surface area contributed by atoms with Gasteiger partial charge in [0.1, 0.15) is 11.4 Å². The van der Waals surface area contributed by atoms with E-state index in [0.717, 1.165) is 25.7 Å². The van der Waals surface area contributed by atoms with Crippen LogP contribution in [-0.4, -0.2) is 103 Å². The number of benzene rings is 1. The average Bonchev–Trinajstić information content (AvgIpc) is 2.88. The fourth-order valence-corrected chi connectivity index (χ4v) is 4.46. The topological polar surface area (TPSA) is 106 Å². The van der Waals surface area contributed by atoms with Crippen molar-refractivity contribution in [2.75, 3.05) is 52.5 Å². The average molecular weight is 532 g/mol. The molecule has 210 valence electrons. The van der Waals surface area contributed by atoms with Gasteiger partial charge in [0.2, 0.25) is 5.91 Å².